The minimum Gasteiger partial charge on any atom is -0.287 e. The normalized spacial score (nSPS) is 13.2. The van der Waals surface area contributed by atoms with Crippen LogP contribution in [0.1, 0.15) is 11.3 Å². The number of aromatic nitrogens is 7. The standard InChI is InChI=1S/C37H21N9S2/c1-2-12-25-23(9-1)21-32(42-41-25)45-28-14-4-5-15-29(28)46(37-40-26-13-3-6-16-30(26)47-37)34(24-11-7-17-31-33(24)43-44-48-31)35(45)27-19-18-22-10-8-20-38-36(22)39-27/h1-21H. The molecule has 5 aromatic heterocycles. The number of nitrogens with zero attached hydrogens (tertiary/aromatic N) is 9. The first kappa shape index (κ1) is 27.0. The molecule has 1 aliphatic rings. The van der Waals surface area contributed by atoms with Gasteiger partial charge in [-0.1, -0.05) is 70.4 Å². The Kier molecular flexibility index (Phi) is 6.01. The Morgan fingerprint density at radius 3 is 2.27 bits per heavy atom. The summed E-state index contributed by atoms with van der Waals surface area (Å²) in [4.78, 5) is 19.4. The summed E-state index contributed by atoms with van der Waals surface area (Å²) in [6.07, 6.45) is 1.77. The summed E-state index contributed by atoms with van der Waals surface area (Å²) in [5.41, 5.74) is 8.29. The van der Waals surface area contributed by atoms with Gasteiger partial charge in [0.25, 0.3) is 0 Å². The summed E-state index contributed by atoms with van der Waals surface area (Å²) in [5, 5.41) is 16.9. The van der Waals surface area contributed by atoms with Crippen molar-refractivity contribution < 1.29 is 0 Å². The second kappa shape index (κ2) is 10.7. The highest BCUT2D eigenvalue weighted by molar-refractivity contribution is 7.22. The van der Waals surface area contributed by atoms with Crippen LogP contribution in [-0.4, -0.2) is 34.7 Å². The first-order valence-corrected chi connectivity index (χ1v) is 16.8. The van der Waals surface area contributed by atoms with E-state index in [4.69, 9.17) is 15.1 Å². The zero-order valence-corrected chi connectivity index (χ0v) is 26.6. The second-order valence-electron chi connectivity index (χ2n) is 11.3. The van der Waals surface area contributed by atoms with E-state index >= 15 is 0 Å². The van der Waals surface area contributed by atoms with Gasteiger partial charge in [-0.25, -0.2) is 15.0 Å². The Morgan fingerprint density at radius 2 is 1.35 bits per heavy atom. The molecule has 0 fully saturated rings. The molecular weight excluding hydrogens is 635 g/mol. The minimum absolute atomic E-state index is 0.644. The number of hydrogen-bond acceptors (Lipinski definition) is 11. The third-order valence-electron chi connectivity index (χ3n) is 8.46. The van der Waals surface area contributed by atoms with E-state index in [1.165, 1.54) is 11.5 Å². The molecule has 0 atom stereocenters. The second-order valence-corrected chi connectivity index (χ2v) is 13.0. The van der Waals surface area contributed by atoms with E-state index in [-0.39, 0.29) is 0 Å². The molecule has 11 heteroatoms. The van der Waals surface area contributed by atoms with Crippen molar-refractivity contribution in [3.63, 3.8) is 0 Å². The molecule has 0 saturated carbocycles. The number of fused-ring (bicyclic) bond motifs is 5. The van der Waals surface area contributed by atoms with Gasteiger partial charge in [0.1, 0.15) is 5.52 Å². The Labute approximate surface area is 281 Å². The molecule has 48 heavy (non-hydrogen) atoms. The third kappa shape index (κ3) is 4.18. The number of para-hydroxylation sites is 3. The molecule has 0 saturated heterocycles. The molecule has 9 aromatic rings. The van der Waals surface area contributed by atoms with Gasteiger partial charge in [-0.2, -0.15) is 0 Å². The Hall–Kier alpha value is -6.17. The molecule has 0 spiro atoms. The van der Waals surface area contributed by atoms with Crippen molar-refractivity contribution in [2.75, 3.05) is 9.80 Å². The van der Waals surface area contributed by atoms with Crippen LogP contribution >= 0.6 is 22.9 Å². The monoisotopic (exact) mass is 655 g/mol. The lowest BCUT2D eigenvalue weighted by molar-refractivity contribution is 1.03. The number of benzene rings is 4. The zero-order valence-electron chi connectivity index (χ0n) is 25.0. The number of hydrogen-bond donors (Lipinski definition) is 0. The Bertz CT molecular complexity index is 2700. The molecule has 0 radical (unpaired) electrons. The van der Waals surface area contributed by atoms with E-state index in [0.29, 0.717) is 17.2 Å². The van der Waals surface area contributed by atoms with Crippen LogP contribution < -0.4 is 9.80 Å². The predicted molar refractivity (Wildman–Crippen MR) is 194 cm³/mol. The minimum atomic E-state index is 0.644. The predicted octanol–water partition coefficient (Wildman–Crippen LogP) is 9.00. The highest BCUT2D eigenvalue weighted by Crippen LogP contribution is 2.53. The van der Waals surface area contributed by atoms with Crippen molar-refractivity contribution in [2.45, 2.75) is 0 Å². The van der Waals surface area contributed by atoms with Crippen LogP contribution in [0.3, 0.4) is 0 Å². The van der Waals surface area contributed by atoms with Crippen molar-refractivity contribution in [3.8, 4) is 0 Å². The molecule has 0 amide bonds. The van der Waals surface area contributed by atoms with Crippen molar-refractivity contribution in [2.24, 2.45) is 0 Å². The number of pyridine rings is 2. The molecule has 0 bridgehead atoms. The first-order chi connectivity index (χ1) is 23.8. The van der Waals surface area contributed by atoms with Gasteiger partial charge < -0.3 is 0 Å². The van der Waals surface area contributed by atoms with Crippen molar-refractivity contribution in [3.05, 3.63) is 139 Å². The number of rotatable bonds is 4. The SMILES string of the molecule is c1ccc2c(c1)N(c1cc3ccccc3nn1)C(c1ccc3cccnc3n1)=C(c1cccc3snnc13)N2c1nc2ccccc2s1. The molecule has 9 nitrogen and oxygen atoms in total. The van der Waals surface area contributed by atoms with E-state index in [9.17, 15) is 0 Å². The van der Waals surface area contributed by atoms with E-state index in [1.807, 2.05) is 66.7 Å². The third-order valence-corrected chi connectivity index (χ3v) is 10.2. The quantitative estimate of drug-likeness (QED) is 0.184. The van der Waals surface area contributed by atoms with E-state index in [0.717, 1.165) is 70.2 Å². The van der Waals surface area contributed by atoms with Crippen LogP contribution in [0, 0.1) is 0 Å². The van der Waals surface area contributed by atoms with Gasteiger partial charge >= 0.3 is 0 Å². The van der Waals surface area contributed by atoms with Crippen molar-refractivity contribution in [1.82, 2.24) is 34.7 Å². The topological polar surface area (TPSA) is 96.7 Å². The lowest BCUT2D eigenvalue weighted by atomic mass is 9.99. The number of thiazole rings is 1. The molecule has 0 aliphatic carbocycles. The van der Waals surface area contributed by atoms with Crippen molar-refractivity contribution >= 4 is 99.0 Å². The largest absolute Gasteiger partial charge is 0.287 e. The van der Waals surface area contributed by atoms with Gasteiger partial charge in [0.05, 0.1) is 48.9 Å². The molecule has 0 N–H and O–H groups in total. The maximum atomic E-state index is 5.19. The van der Waals surface area contributed by atoms with Crippen LogP contribution in [-0.2, 0) is 0 Å². The molecule has 226 valence electrons. The van der Waals surface area contributed by atoms with Gasteiger partial charge in [-0.3, -0.25) is 9.80 Å². The molecule has 6 heterocycles. The lowest BCUT2D eigenvalue weighted by Gasteiger charge is -2.40. The van der Waals surface area contributed by atoms with Gasteiger partial charge in [-0.15, -0.1) is 15.3 Å². The molecular formula is C37H21N9S2. The average molecular weight is 656 g/mol. The molecule has 1 aliphatic heterocycles. The zero-order chi connectivity index (χ0) is 31.6. The van der Waals surface area contributed by atoms with Crippen LogP contribution in [0.2, 0.25) is 0 Å². The van der Waals surface area contributed by atoms with E-state index in [2.05, 4.69) is 84.1 Å². The fourth-order valence-electron chi connectivity index (χ4n) is 6.33. The summed E-state index contributed by atoms with van der Waals surface area (Å²) < 4.78 is 6.43. The van der Waals surface area contributed by atoms with Crippen LogP contribution in [0.15, 0.2) is 128 Å². The maximum absolute atomic E-state index is 5.19. The molecule has 0 unspecified atom stereocenters. The van der Waals surface area contributed by atoms with Gasteiger partial charge in [0.2, 0.25) is 0 Å². The summed E-state index contributed by atoms with van der Waals surface area (Å²) in [6, 6.07) is 40.9. The summed E-state index contributed by atoms with van der Waals surface area (Å²) in [5.74, 6) is 0.657. The summed E-state index contributed by atoms with van der Waals surface area (Å²) in [7, 11) is 0. The average Bonchev–Trinajstić information content (AvgIpc) is 3.81. The molecule has 10 rings (SSSR count). The molecule has 4 aromatic carbocycles. The van der Waals surface area contributed by atoms with Gasteiger partial charge in [0.15, 0.2) is 16.6 Å². The van der Waals surface area contributed by atoms with Crippen LogP contribution in [0.25, 0.3) is 53.8 Å². The van der Waals surface area contributed by atoms with Crippen LogP contribution in [0.4, 0.5) is 22.3 Å². The Balaban J connectivity index is 1.38. The smallest absolute Gasteiger partial charge is 0.195 e. The first-order valence-electron chi connectivity index (χ1n) is 15.3. The van der Waals surface area contributed by atoms with Crippen LogP contribution in [0.5, 0.6) is 0 Å². The van der Waals surface area contributed by atoms with E-state index < -0.39 is 0 Å². The van der Waals surface area contributed by atoms with Gasteiger partial charge in [0, 0.05) is 22.5 Å². The highest BCUT2D eigenvalue weighted by atomic mass is 32.1. The maximum Gasteiger partial charge on any atom is 0.195 e. The van der Waals surface area contributed by atoms with E-state index in [1.54, 1.807) is 17.5 Å². The van der Waals surface area contributed by atoms with Gasteiger partial charge in [-0.05, 0) is 78.3 Å². The summed E-state index contributed by atoms with van der Waals surface area (Å²) >= 11 is 3.01. The lowest BCUT2D eigenvalue weighted by Crippen LogP contribution is -2.31. The van der Waals surface area contributed by atoms with Crippen molar-refractivity contribution in [1.29, 1.82) is 0 Å². The fourth-order valence-corrected chi connectivity index (χ4v) is 7.91. The highest BCUT2D eigenvalue weighted by Gasteiger charge is 2.38. The fraction of sp³-hybridized carbons (Fsp3) is 0. The Morgan fingerprint density at radius 1 is 0.562 bits per heavy atom. The number of anilines is 4. The summed E-state index contributed by atoms with van der Waals surface area (Å²) in [6.45, 7) is 0.